The number of halogens is 2. The molecular formula is C16H22F2N2O. The fraction of sp³-hybridized carbons (Fsp3) is 0.562. The van der Waals surface area contributed by atoms with Crippen LogP contribution in [0.5, 0.6) is 0 Å². The number of benzene rings is 1. The summed E-state index contributed by atoms with van der Waals surface area (Å²) < 4.78 is 26.5. The summed E-state index contributed by atoms with van der Waals surface area (Å²) in [6.45, 7) is 6.70. The van der Waals surface area contributed by atoms with Gasteiger partial charge >= 0.3 is 0 Å². The zero-order chi connectivity index (χ0) is 15.6. The minimum atomic E-state index is -0.884. The maximum absolute atomic E-state index is 13.5. The highest BCUT2D eigenvalue weighted by Crippen LogP contribution is 2.28. The molecule has 1 aromatic rings. The first kappa shape index (κ1) is 15.9. The normalized spacial score (nSPS) is 23.7. The van der Waals surface area contributed by atoms with E-state index in [9.17, 15) is 13.6 Å². The molecule has 0 bridgehead atoms. The van der Waals surface area contributed by atoms with Gasteiger partial charge in [0.15, 0.2) is 11.6 Å². The van der Waals surface area contributed by atoms with Crippen LogP contribution in [0.4, 0.5) is 8.78 Å². The van der Waals surface area contributed by atoms with Crippen molar-refractivity contribution < 1.29 is 13.6 Å². The Balaban J connectivity index is 2.29. The molecule has 3 unspecified atom stereocenters. The first-order chi connectivity index (χ1) is 9.97. The Labute approximate surface area is 124 Å². The number of carbonyl (C=O) groups is 1. The molecule has 0 saturated carbocycles. The molecule has 1 aliphatic rings. The Morgan fingerprint density at radius 1 is 1.29 bits per heavy atom. The fourth-order valence-electron chi connectivity index (χ4n) is 2.59. The summed E-state index contributed by atoms with van der Waals surface area (Å²) in [6.07, 6.45) is 1.26. The van der Waals surface area contributed by atoms with E-state index in [0.717, 1.165) is 12.5 Å². The number of nitrogens with one attached hydrogen (secondary N) is 1. The average Bonchev–Trinajstić information content (AvgIpc) is 2.78. The molecule has 1 N–H and O–H groups in total. The fourth-order valence-corrected chi connectivity index (χ4v) is 2.59. The van der Waals surface area contributed by atoms with Gasteiger partial charge in [-0.1, -0.05) is 33.3 Å². The number of hydrogen-bond acceptors (Lipinski definition) is 2. The van der Waals surface area contributed by atoms with Crippen molar-refractivity contribution in [2.75, 3.05) is 6.54 Å². The SMILES string of the molecule is CCC(C)CN1C(=O)C(CC)NC1c1ccc(F)c(F)c1. The van der Waals surface area contributed by atoms with Crippen molar-refractivity contribution in [3.63, 3.8) is 0 Å². The van der Waals surface area contributed by atoms with E-state index in [1.807, 2.05) is 6.92 Å². The van der Waals surface area contributed by atoms with Gasteiger partial charge in [0.05, 0.1) is 6.04 Å². The first-order valence-corrected chi connectivity index (χ1v) is 7.49. The van der Waals surface area contributed by atoms with Gasteiger partial charge in [0.25, 0.3) is 0 Å². The summed E-state index contributed by atoms with van der Waals surface area (Å²) in [7, 11) is 0. The quantitative estimate of drug-likeness (QED) is 0.905. The number of rotatable bonds is 5. The lowest BCUT2D eigenvalue weighted by atomic mass is 10.1. The molecular weight excluding hydrogens is 274 g/mol. The lowest BCUT2D eigenvalue weighted by Crippen LogP contribution is -2.34. The van der Waals surface area contributed by atoms with E-state index in [1.54, 1.807) is 4.90 Å². The second-order valence-electron chi connectivity index (χ2n) is 5.71. The van der Waals surface area contributed by atoms with Gasteiger partial charge in [-0.2, -0.15) is 0 Å². The first-order valence-electron chi connectivity index (χ1n) is 7.49. The molecule has 21 heavy (non-hydrogen) atoms. The zero-order valence-electron chi connectivity index (χ0n) is 12.7. The van der Waals surface area contributed by atoms with Crippen LogP contribution in [0.25, 0.3) is 0 Å². The Morgan fingerprint density at radius 2 is 2.00 bits per heavy atom. The molecule has 0 aromatic heterocycles. The van der Waals surface area contributed by atoms with Crippen LogP contribution in [0.15, 0.2) is 18.2 Å². The van der Waals surface area contributed by atoms with Crippen molar-refractivity contribution in [3.8, 4) is 0 Å². The van der Waals surface area contributed by atoms with E-state index in [2.05, 4.69) is 19.2 Å². The predicted octanol–water partition coefficient (Wildman–Crippen LogP) is 3.22. The lowest BCUT2D eigenvalue weighted by Gasteiger charge is -2.27. The largest absolute Gasteiger partial charge is 0.321 e. The molecule has 1 aromatic carbocycles. The van der Waals surface area contributed by atoms with Crippen LogP contribution in [0.1, 0.15) is 45.3 Å². The Kier molecular flexibility index (Phi) is 4.93. The van der Waals surface area contributed by atoms with Crippen molar-refractivity contribution in [3.05, 3.63) is 35.4 Å². The Bertz CT molecular complexity index is 521. The third kappa shape index (κ3) is 3.23. The lowest BCUT2D eigenvalue weighted by molar-refractivity contribution is -0.130. The Morgan fingerprint density at radius 3 is 2.57 bits per heavy atom. The molecule has 1 aliphatic heterocycles. The van der Waals surface area contributed by atoms with Crippen molar-refractivity contribution in [2.45, 2.75) is 45.8 Å². The smallest absolute Gasteiger partial charge is 0.241 e. The molecule has 3 atom stereocenters. The van der Waals surface area contributed by atoms with E-state index in [-0.39, 0.29) is 18.1 Å². The van der Waals surface area contributed by atoms with Crippen LogP contribution in [-0.4, -0.2) is 23.4 Å². The van der Waals surface area contributed by atoms with E-state index in [4.69, 9.17) is 0 Å². The van der Waals surface area contributed by atoms with Gasteiger partial charge in [-0.05, 0) is 30.0 Å². The summed E-state index contributed by atoms with van der Waals surface area (Å²) >= 11 is 0. The van der Waals surface area contributed by atoms with E-state index >= 15 is 0 Å². The highest BCUT2D eigenvalue weighted by Gasteiger charge is 2.39. The second kappa shape index (κ2) is 6.52. The summed E-state index contributed by atoms with van der Waals surface area (Å²) in [5.41, 5.74) is 0.585. The number of carbonyl (C=O) groups excluding carboxylic acids is 1. The van der Waals surface area contributed by atoms with Crippen molar-refractivity contribution in [1.29, 1.82) is 0 Å². The molecule has 1 amide bonds. The number of hydrogen-bond donors (Lipinski definition) is 1. The maximum atomic E-state index is 13.5. The van der Waals surface area contributed by atoms with Crippen LogP contribution < -0.4 is 5.32 Å². The van der Waals surface area contributed by atoms with E-state index in [1.165, 1.54) is 12.1 Å². The molecule has 116 valence electrons. The van der Waals surface area contributed by atoms with Crippen molar-refractivity contribution in [2.24, 2.45) is 5.92 Å². The van der Waals surface area contributed by atoms with Gasteiger partial charge in [-0.25, -0.2) is 8.78 Å². The molecule has 0 radical (unpaired) electrons. The number of amides is 1. The van der Waals surface area contributed by atoms with Gasteiger partial charge < -0.3 is 4.90 Å². The van der Waals surface area contributed by atoms with Gasteiger partial charge in [0.2, 0.25) is 5.91 Å². The van der Waals surface area contributed by atoms with Crippen LogP contribution in [0, 0.1) is 17.6 Å². The van der Waals surface area contributed by atoms with E-state index in [0.29, 0.717) is 24.4 Å². The van der Waals surface area contributed by atoms with E-state index < -0.39 is 11.6 Å². The van der Waals surface area contributed by atoms with Gasteiger partial charge in [0, 0.05) is 6.54 Å². The van der Waals surface area contributed by atoms with Gasteiger partial charge in [-0.3, -0.25) is 10.1 Å². The maximum Gasteiger partial charge on any atom is 0.241 e. The predicted molar refractivity (Wildman–Crippen MR) is 77.5 cm³/mol. The molecule has 1 heterocycles. The molecule has 1 fully saturated rings. The van der Waals surface area contributed by atoms with Crippen LogP contribution in [0.2, 0.25) is 0 Å². The highest BCUT2D eigenvalue weighted by atomic mass is 19.2. The van der Waals surface area contributed by atoms with Crippen molar-refractivity contribution >= 4 is 5.91 Å². The minimum absolute atomic E-state index is 0.0348. The monoisotopic (exact) mass is 296 g/mol. The minimum Gasteiger partial charge on any atom is -0.321 e. The third-order valence-electron chi connectivity index (χ3n) is 4.12. The van der Waals surface area contributed by atoms with Gasteiger partial charge in [0.1, 0.15) is 6.17 Å². The molecule has 5 heteroatoms. The van der Waals surface area contributed by atoms with Crippen LogP contribution in [-0.2, 0) is 4.79 Å². The summed E-state index contributed by atoms with van der Waals surface area (Å²) in [6, 6.07) is 3.55. The second-order valence-corrected chi connectivity index (χ2v) is 5.71. The number of nitrogens with zero attached hydrogens (tertiary/aromatic N) is 1. The standard InChI is InChI=1S/C16H22F2N2O/c1-4-10(3)9-20-15(19-14(5-2)16(20)21)11-6-7-12(17)13(18)8-11/h6-8,10,14-15,19H,4-5,9H2,1-3H3. The molecule has 0 aliphatic carbocycles. The van der Waals surface area contributed by atoms with Crippen molar-refractivity contribution in [1.82, 2.24) is 10.2 Å². The summed E-state index contributed by atoms with van der Waals surface area (Å²) in [5.74, 6) is -1.36. The third-order valence-corrected chi connectivity index (χ3v) is 4.12. The topological polar surface area (TPSA) is 32.3 Å². The summed E-state index contributed by atoms with van der Waals surface area (Å²) in [5, 5.41) is 3.22. The van der Waals surface area contributed by atoms with Crippen LogP contribution >= 0.6 is 0 Å². The van der Waals surface area contributed by atoms with Gasteiger partial charge in [-0.15, -0.1) is 0 Å². The average molecular weight is 296 g/mol. The van der Waals surface area contributed by atoms with Crippen LogP contribution in [0.3, 0.4) is 0 Å². The molecule has 2 rings (SSSR count). The zero-order valence-corrected chi connectivity index (χ0v) is 12.7. The summed E-state index contributed by atoms with van der Waals surface area (Å²) in [4.78, 5) is 14.2. The molecule has 0 spiro atoms. The molecule has 3 nitrogen and oxygen atoms in total. The highest BCUT2D eigenvalue weighted by molar-refractivity contribution is 5.84. The Hall–Kier alpha value is -1.49. The molecule has 1 saturated heterocycles.